The molecule has 0 saturated carbocycles. The summed E-state index contributed by atoms with van der Waals surface area (Å²) in [6.45, 7) is 2.54. The molecule has 2 rings (SSSR count). The average molecular weight is 304 g/mol. The molecule has 1 aromatic carbocycles. The van der Waals surface area contributed by atoms with Crippen LogP contribution in [0.15, 0.2) is 36.7 Å². The van der Waals surface area contributed by atoms with Crippen LogP contribution in [-0.2, 0) is 13.0 Å². The van der Waals surface area contributed by atoms with Gasteiger partial charge >= 0.3 is 0 Å². The number of aliphatic hydroxyl groups excluding tert-OH is 1. The number of para-hydroxylation sites is 1. The van der Waals surface area contributed by atoms with Gasteiger partial charge in [-0.2, -0.15) is 5.10 Å². The van der Waals surface area contributed by atoms with Crippen molar-refractivity contribution in [1.82, 2.24) is 9.78 Å². The Morgan fingerprint density at radius 1 is 1.45 bits per heavy atom. The van der Waals surface area contributed by atoms with Crippen molar-refractivity contribution in [1.29, 1.82) is 0 Å². The molecule has 1 aromatic heterocycles. The number of nitrogens with zero attached hydrogens (tertiary/aromatic N) is 3. The topological polar surface area (TPSA) is 93.2 Å². The van der Waals surface area contributed by atoms with Gasteiger partial charge in [-0.3, -0.25) is 14.8 Å². The zero-order valence-corrected chi connectivity index (χ0v) is 12.5. The number of aryl methyl sites for hydroxylation is 1. The van der Waals surface area contributed by atoms with E-state index >= 15 is 0 Å². The summed E-state index contributed by atoms with van der Waals surface area (Å²) in [6.07, 6.45) is 4.95. The summed E-state index contributed by atoms with van der Waals surface area (Å²) in [5.41, 5.74) is 1.80. The zero-order valence-electron chi connectivity index (χ0n) is 12.5. The van der Waals surface area contributed by atoms with Crippen LogP contribution >= 0.6 is 0 Å². The Kier molecular flexibility index (Phi) is 5.48. The highest BCUT2D eigenvalue weighted by Crippen LogP contribution is 2.20. The number of aromatic nitrogens is 2. The fourth-order valence-electron chi connectivity index (χ4n) is 2.29. The molecule has 0 radical (unpaired) electrons. The Morgan fingerprint density at radius 3 is 2.95 bits per heavy atom. The fourth-order valence-corrected chi connectivity index (χ4v) is 2.29. The van der Waals surface area contributed by atoms with Crippen LogP contribution in [0.4, 0.5) is 11.4 Å². The second kappa shape index (κ2) is 7.56. The second-order valence-electron chi connectivity index (χ2n) is 5.19. The van der Waals surface area contributed by atoms with E-state index in [0.717, 1.165) is 17.7 Å². The molecule has 0 aliphatic carbocycles. The summed E-state index contributed by atoms with van der Waals surface area (Å²) in [5.74, 6) is 0. The van der Waals surface area contributed by atoms with Crippen molar-refractivity contribution in [3.05, 3.63) is 52.3 Å². The van der Waals surface area contributed by atoms with E-state index in [0.29, 0.717) is 13.0 Å². The lowest BCUT2D eigenvalue weighted by Gasteiger charge is -2.13. The third-order valence-electron chi connectivity index (χ3n) is 3.41. The summed E-state index contributed by atoms with van der Waals surface area (Å²) >= 11 is 0. The Labute approximate surface area is 128 Å². The highest BCUT2D eigenvalue weighted by atomic mass is 16.6. The molecule has 1 atom stereocenters. The van der Waals surface area contributed by atoms with Crippen molar-refractivity contribution in [2.75, 3.05) is 11.9 Å². The lowest BCUT2D eigenvalue weighted by atomic mass is 10.0. The van der Waals surface area contributed by atoms with Crippen LogP contribution in [0, 0.1) is 10.1 Å². The number of hydrogen-bond acceptors (Lipinski definition) is 5. The monoisotopic (exact) mass is 304 g/mol. The predicted octanol–water partition coefficient (Wildman–Crippen LogP) is 2.22. The standard InChI is InChI=1S/C15H20N4O3/c1-12(17-14-10-16-18(11-14)8-9-20)6-7-13-4-2-3-5-15(13)19(21)22/h2-5,10-12,17,20H,6-9H2,1H3. The molecular formula is C15H20N4O3. The molecule has 118 valence electrons. The molecule has 0 aliphatic rings. The fraction of sp³-hybridized carbons (Fsp3) is 0.400. The number of nitro groups is 1. The molecule has 0 fully saturated rings. The molecule has 0 bridgehead atoms. The molecule has 2 aromatic rings. The number of hydrogen-bond donors (Lipinski definition) is 2. The minimum Gasteiger partial charge on any atom is -0.394 e. The van der Waals surface area contributed by atoms with E-state index in [1.54, 1.807) is 23.0 Å². The number of nitrogens with one attached hydrogen (secondary N) is 1. The first-order chi connectivity index (χ1) is 10.6. The Morgan fingerprint density at radius 2 is 2.23 bits per heavy atom. The lowest BCUT2D eigenvalue weighted by Crippen LogP contribution is -2.16. The number of benzene rings is 1. The van der Waals surface area contributed by atoms with E-state index in [1.165, 1.54) is 6.07 Å². The normalized spacial score (nSPS) is 12.1. The van der Waals surface area contributed by atoms with Gasteiger partial charge in [-0.15, -0.1) is 0 Å². The minimum atomic E-state index is -0.341. The van der Waals surface area contributed by atoms with Crippen LogP contribution < -0.4 is 5.32 Å². The van der Waals surface area contributed by atoms with E-state index in [2.05, 4.69) is 10.4 Å². The summed E-state index contributed by atoms with van der Waals surface area (Å²) in [6, 6.07) is 6.99. The highest BCUT2D eigenvalue weighted by Gasteiger charge is 2.13. The minimum absolute atomic E-state index is 0.0499. The molecular weight excluding hydrogens is 284 g/mol. The third-order valence-corrected chi connectivity index (χ3v) is 3.41. The highest BCUT2D eigenvalue weighted by molar-refractivity contribution is 5.41. The van der Waals surface area contributed by atoms with Crippen LogP contribution in [0.1, 0.15) is 18.9 Å². The maximum Gasteiger partial charge on any atom is 0.272 e. The van der Waals surface area contributed by atoms with Gasteiger partial charge in [-0.1, -0.05) is 18.2 Å². The largest absolute Gasteiger partial charge is 0.394 e. The van der Waals surface area contributed by atoms with Crippen molar-refractivity contribution >= 4 is 11.4 Å². The SMILES string of the molecule is CC(CCc1ccccc1[N+](=O)[O-])Nc1cnn(CCO)c1. The van der Waals surface area contributed by atoms with Crippen molar-refractivity contribution in [2.24, 2.45) is 0 Å². The van der Waals surface area contributed by atoms with Crippen LogP contribution in [0.25, 0.3) is 0 Å². The molecule has 0 amide bonds. The molecule has 2 N–H and O–H groups in total. The zero-order chi connectivity index (χ0) is 15.9. The Bertz CT molecular complexity index is 627. The Hall–Kier alpha value is -2.41. The molecule has 22 heavy (non-hydrogen) atoms. The summed E-state index contributed by atoms with van der Waals surface area (Å²) in [7, 11) is 0. The van der Waals surface area contributed by atoms with Crippen LogP contribution in [0.3, 0.4) is 0 Å². The third kappa shape index (κ3) is 4.29. The van der Waals surface area contributed by atoms with Crippen molar-refractivity contribution < 1.29 is 10.0 Å². The molecule has 7 nitrogen and oxygen atoms in total. The van der Waals surface area contributed by atoms with Gasteiger partial charge in [0.2, 0.25) is 0 Å². The first-order valence-corrected chi connectivity index (χ1v) is 7.22. The van der Waals surface area contributed by atoms with Crippen molar-refractivity contribution in [3.63, 3.8) is 0 Å². The van der Waals surface area contributed by atoms with Crippen LogP contribution in [0.5, 0.6) is 0 Å². The molecule has 1 heterocycles. The first kappa shape index (κ1) is 16.0. The smallest absolute Gasteiger partial charge is 0.272 e. The molecule has 0 spiro atoms. The van der Waals surface area contributed by atoms with Gasteiger partial charge in [0.05, 0.1) is 30.0 Å². The predicted molar refractivity (Wildman–Crippen MR) is 83.8 cm³/mol. The van der Waals surface area contributed by atoms with Gasteiger partial charge in [-0.25, -0.2) is 0 Å². The van der Waals surface area contributed by atoms with E-state index in [9.17, 15) is 10.1 Å². The van der Waals surface area contributed by atoms with Gasteiger partial charge in [0, 0.05) is 23.9 Å². The Balaban J connectivity index is 1.89. The van der Waals surface area contributed by atoms with Gasteiger partial charge < -0.3 is 10.4 Å². The first-order valence-electron chi connectivity index (χ1n) is 7.22. The number of anilines is 1. The molecule has 1 unspecified atom stereocenters. The van der Waals surface area contributed by atoms with Gasteiger partial charge in [0.25, 0.3) is 5.69 Å². The molecule has 0 aliphatic heterocycles. The van der Waals surface area contributed by atoms with E-state index in [-0.39, 0.29) is 23.3 Å². The number of nitro benzene ring substituents is 1. The maximum atomic E-state index is 11.0. The summed E-state index contributed by atoms with van der Waals surface area (Å²) in [4.78, 5) is 10.6. The maximum absolute atomic E-state index is 11.0. The van der Waals surface area contributed by atoms with Crippen LogP contribution in [-0.4, -0.2) is 32.5 Å². The van der Waals surface area contributed by atoms with Gasteiger partial charge in [0.15, 0.2) is 0 Å². The number of aliphatic hydroxyl groups is 1. The van der Waals surface area contributed by atoms with Gasteiger partial charge in [0.1, 0.15) is 0 Å². The van der Waals surface area contributed by atoms with Crippen molar-refractivity contribution in [3.8, 4) is 0 Å². The average Bonchev–Trinajstić information content (AvgIpc) is 2.93. The second-order valence-corrected chi connectivity index (χ2v) is 5.19. The van der Waals surface area contributed by atoms with E-state index in [4.69, 9.17) is 5.11 Å². The summed E-state index contributed by atoms with van der Waals surface area (Å²) in [5, 5.41) is 27.3. The molecule has 7 heteroatoms. The summed E-state index contributed by atoms with van der Waals surface area (Å²) < 4.78 is 1.66. The van der Waals surface area contributed by atoms with Crippen molar-refractivity contribution in [2.45, 2.75) is 32.4 Å². The van der Waals surface area contributed by atoms with Crippen LogP contribution in [0.2, 0.25) is 0 Å². The van der Waals surface area contributed by atoms with E-state index in [1.807, 2.05) is 19.2 Å². The lowest BCUT2D eigenvalue weighted by molar-refractivity contribution is -0.385. The van der Waals surface area contributed by atoms with E-state index < -0.39 is 0 Å². The number of rotatable bonds is 8. The quantitative estimate of drug-likeness (QED) is 0.576. The molecule has 0 saturated heterocycles. The van der Waals surface area contributed by atoms with Gasteiger partial charge in [-0.05, 0) is 19.8 Å².